The Kier molecular flexibility index (Phi) is 2.29. The molecule has 1 N–H and O–H groups in total. The number of nitrogens with zero attached hydrogens (tertiary/aromatic N) is 3. The second-order valence-corrected chi connectivity index (χ2v) is 4.41. The molecule has 0 saturated carbocycles. The van der Waals surface area contributed by atoms with Gasteiger partial charge >= 0.3 is 0 Å². The fourth-order valence-corrected chi connectivity index (χ4v) is 2.62. The number of rotatable bonds is 2. The minimum absolute atomic E-state index is 0.687. The highest BCUT2D eigenvalue weighted by molar-refractivity contribution is 5.35. The predicted octanol–water partition coefficient (Wildman–Crippen LogP) is 1.46. The number of aliphatic hydroxyl groups is 1. The van der Waals surface area contributed by atoms with E-state index in [-0.39, 0.29) is 0 Å². The first-order valence-corrected chi connectivity index (χ1v) is 5.94. The molecule has 5 nitrogen and oxygen atoms in total. The maximum Gasteiger partial charge on any atom is 0.136 e. The van der Waals surface area contributed by atoms with Gasteiger partial charge in [-0.05, 0) is 25.8 Å². The predicted molar refractivity (Wildman–Crippen MR) is 60.3 cm³/mol. The van der Waals surface area contributed by atoms with Crippen molar-refractivity contribution in [2.24, 2.45) is 0 Å². The van der Waals surface area contributed by atoms with Gasteiger partial charge in [-0.15, -0.1) is 5.10 Å². The van der Waals surface area contributed by atoms with Crippen molar-refractivity contribution >= 4 is 0 Å². The maximum atomic E-state index is 10.9. The normalized spacial score (nSPS) is 23.6. The van der Waals surface area contributed by atoms with Crippen molar-refractivity contribution < 1.29 is 9.52 Å². The van der Waals surface area contributed by atoms with Crippen LogP contribution in [-0.4, -0.2) is 20.1 Å². The average Bonchev–Trinajstić information content (AvgIpc) is 2.98. The molecule has 2 aromatic heterocycles. The molecular weight excluding hydrogens is 218 g/mol. The van der Waals surface area contributed by atoms with Gasteiger partial charge in [0.15, 0.2) is 0 Å². The Morgan fingerprint density at radius 1 is 1.59 bits per heavy atom. The number of aryl methyl sites for hydroxylation is 2. The first-order chi connectivity index (χ1) is 8.25. The molecule has 2 heterocycles. The second kappa shape index (κ2) is 3.70. The minimum Gasteiger partial charge on any atom is -0.469 e. The van der Waals surface area contributed by atoms with Crippen LogP contribution in [0.4, 0.5) is 0 Å². The first-order valence-electron chi connectivity index (χ1n) is 5.94. The molecule has 0 saturated heterocycles. The Labute approximate surface area is 99.1 Å². The molecule has 2 aromatic rings. The van der Waals surface area contributed by atoms with Gasteiger partial charge in [0.1, 0.15) is 11.4 Å². The second-order valence-electron chi connectivity index (χ2n) is 4.41. The molecule has 90 valence electrons. The minimum atomic E-state index is -1.000. The molecule has 5 heteroatoms. The summed E-state index contributed by atoms with van der Waals surface area (Å²) in [5.41, 5.74) is 0.614. The van der Waals surface area contributed by atoms with Crippen LogP contribution in [0.1, 0.15) is 36.8 Å². The molecule has 0 amide bonds. The molecule has 17 heavy (non-hydrogen) atoms. The Hall–Kier alpha value is -1.62. The molecule has 1 unspecified atom stereocenters. The van der Waals surface area contributed by atoms with Crippen molar-refractivity contribution in [2.75, 3.05) is 0 Å². The zero-order chi connectivity index (χ0) is 11.9. The highest BCUT2D eigenvalue weighted by Gasteiger charge is 2.40. The van der Waals surface area contributed by atoms with Gasteiger partial charge in [0.2, 0.25) is 0 Å². The van der Waals surface area contributed by atoms with Gasteiger partial charge in [-0.1, -0.05) is 5.21 Å². The summed E-state index contributed by atoms with van der Waals surface area (Å²) < 4.78 is 7.15. The van der Waals surface area contributed by atoms with E-state index in [1.807, 2.05) is 13.0 Å². The summed E-state index contributed by atoms with van der Waals surface area (Å²) in [5.74, 6) is 0.877. The maximum absolute atomic E-state index is 10.9. The van der Waals surface area contributed by atoms with Crippen LogP contribution < -0.4 is 0 Å². The largest absolute Gasteiger partial charge is 0.469 e. The van der Waals surface area contributed by atoms with E-state index in [0.717, 1.165) is 29.9 Å². The molecule has 0 radical (unpaired) electrons. The van der Waals surface area contributed by atoms with Crippen LogP contribution in [0.2, 0.25) is 0 Å². The van der Waals surface area contributed by atoms with E-state index in [0.29, 0.717) is 13.0 Å². The lowest BCUT2D eigenvalue weighted by molar-refractivity contribution is 0.0498. The monoisotopic (exact) mass is 233 g/mol. The average molecular weight is 233 g/mol. The molecule has 1 atom stereocenters. The van der Waals surface area contributed by atoms with Gasteiger partial charge in [0, 0.05) is 18.5 Å². The van der Waals surface area contributed by atoms with Gasteiger partial charge in [0.05, 0.1) is 18.2 Å². The van der Waals surface area contributed by atoms with Crippen molar-refractivity contribution in [1.82, 2.24) is 15.0 Å². The third kappa shape index (κ3) is 1.42. The molecule has 1 aliphatic rings. The standard InChI is InChI=1S/C12H15N3O2/c1-2-15-11(8-13-14-15)12(16)6-3-4-10-9(12)5-7-17-10/h5,7-8,16H,2-4,6H2,1H3. The van der Waals surface area contributed by atoms with E-state index < -0.39 is 5.60 Å². The summed E-state index contributed by atoms with van der Waals surface area (Å²) in [6, 6.07) is 1.85. The highest BCUT2D eigenvalue weighted by Crippen LogP contribution is 2.40. The number of aromatic nitrogens is 3. The van der Waals surface area contributed by atoms with Crippen molar-refractivity contribution in [3.05, 3.63) is 35.5 Å². The van der Waals surface area contributed by atoms with Crippen LogP contribution >= 0.6 is 0 Å². The van der Waals surface area contributed by atoms with Crippen LogP contribution in [0.15, 0.2) is 22.9 Å². The van der Waals surface area contributed by atoms with E-state index in [1.54, 1.807) is 17.1 Å². The molecule has 3 rings (SSSR count). The first kappa shape index (κ1) is 10.5. The van der Waals surface area contributed by atoms with Gasteiger partial charge in [-0.3, -0.25) is 0 Å². The third-order valence-corrected chi connectivity index (χ3v) is 3.47. The van der Waals surface area contributed by atoms with Crippen molar-refractivity contribution in [2.45, 2.75) is 38.3 Å². The summed E-state index contributed by atoms with van der Waals surface area (Å²) in [6.07, 6.45) is 5.77. The molecule has 1 aliphatic carbocycles. The molecule has 0 spiro atoms. The van der Waals surface area contributed by atoms with Gasteiger partial charge < -0.3 is 9.52 Å². The summed E-state index contributed by atoms with van der Waals surface area (Å²) in [5, 5.41) is 18.8. The Balaban J connectivity index is 2.15. The number of hydrogen-bond acceptors (Lipinski definition) is 4. The molecule has 0 bridgehead atoms. The Morgan fingerprint density at radius 3 is 3.29 bits per heavy atom. The molecule has 0 fully saturated rings. The number of hydrogen-bond donors (Lipinski definition) is 1. The Bertz CT molecular complexity index is 531. The van der Waals surface area contributed by atoms with Gasteiger partial charge in [-0.25, -0.2) is 4.68 Å². The number of furan rings is 1. The molecule has 0 aromatic carbocycles. The number of fused-ring (bicyclic) bond motifs is 1. The fourth-order valence-electron chi connectivity index (χ4n) is 2.62. The van der Waals surface area contributed by atoms with E-state index >= 15 is 0 Å². The molecular formula is C12H15N3O2. The summed E-state index contributed by atoms with van der Waals surface area (Å²) in [6.45, 7) is 2.69. The van der Waals surface area contributed by atoms with Crippen LogP contribution in [0, 0.1) is 0 Å². The lowest BCUT2D eigenvalue weighted by atomic mass is 9.81. The highest BCUT2D eigenvalue weighted by atomic mass is 16.3. The van der Waals surface area contributed by atoms with Crippen molar-refractivity contribution in [3.8, 4) is 0 Å². The van der Waals surface area contributed by atoms with E-state index in [9.17, 15) is 5.11 Å². The van der Waals surface area contributed by atoms with Gasteiger partial charge in [-0.2, -0.15) is 0 Å². The summed E-state index contributed by atoms with van der Waals surface area (Å²) in [4.78, 5) is 0. The van der Waals surface area contributed by atoms with Crippen LogP contribution in [-0.2, 0) is 18.6 Å². The van der Waals surface area contributed by atoms with E-state index in [1.165, 1.54) is 0 Å². The van der Waals surface area contributed by atoms with Crippen LogP contribution in [0.25, 0.3) is 0 Å². The Morgan fingerprint density at radius 2 is 2.47 bits per heavy atom. The summed E-state index contributed by atoms with van der Waals surface area (Å²) in [7, 11) is 0. The lowest BCUT2D eigenvalue weighted by Gasteiger charge is -2.31. The zero-order valence-electron chi connectivity index (χ0n) is 9.76. The molecule has 0 aliphatic heterocycles. The third-order valence-electron chi connectivity index (χ3n) is 3.47. The summed E-state index contributed by atoms with van der Waals surface area (Å²) >= 11 is 0. The van der Waals surface area contributed by atoms with E-state index in [2.05, 4.69) is 10.3 Å². The SMILES string of the molecule is CCn1nncc1C1(O)CCCc2occc21. The zero-order valence-corrected chi connectivity index (χ0v) is 9.76. The van der Waals surface area contributed by atoms with Crippen molar-refractivity contribution in [1.29, 1.82) is 0 Å². The topological polar surface area (TPSA) is 64.1 Å². The lowest BCUT2D eigenvalue weighted by Crippen LogP contribution is -2.33. The van der Waals surface area contributed by atoms with Crippen molar-refractivity contribution in [3.63, 3.8) is 0 Å². The fraction of sp³-hybridized carbons (Fsp3) is 0.500. The van der Waals surface area contributed by atoms with E-state index in [4.69, 9.17) is 4.42 Å². The van der Waals surface area contributed by atoms with Gasteiger partial charge in [0.25, 0.3) is 0 Å². The smallest absolute Gasteiger partial charge is 0.136 e. The van der Waals surface area contributed by atoms with Crippen LogP contribution in [0.5, 0.6) is 0 Å². The van der Waals surface area contributed by atoms with Crippen LogP contribution in [0.3, 0.4) is 0 Å². The quantitative estimate of drug-likeness (QED) is 0.853.